The fourth-order valence-corrected chi connectivity index (χ4v) is 5.13. The number of para-hydroxylation sites is 1. The van der Waals surface area contributed by atoms with Crippen molar-refractivity contribution in [1.82, 2.24) is 4.98 Å². The first-order chi connectivity index (χ1) is 16.3. The molecule has 2 aliphatic rings. The van der Waals surface area contributed by atoms with Gasteiger partial charge in [0.1, 0.15) is 5.58 Å². The number of aromatic nitrogens is 1. The van der Waals surface area contributed by atoms with Crippen LogP contribution in [0.4, 0.5) is 0 Å². The number of furan rings is 1. The zero-order chi connectivity index (χ0) is 21.8. The summed E-state index contributed by atoms with van der Waals surface area (Å²) in [4.78, 5) is 4.77. The Labute approximate surface area is 191 Å². The summed E-state index contributed by atoms with van der Waals surface area (Å²) in [5.74, 6) is 0. The molecule has 0 spiro atoms. The van der Waals surface area contributed by atoms with E-state index in [-0.39, 0.29) is 0 Å². The summed E-state index contributed by atoms with van der Waals surface area (Å²) in [6.45, 7) is 0. The maximum Gasteiger partial charge on any atom is 0.227 e. The Hall–Kier alpha value is -4.17. The van der Waals surface area contributed by atoms with Crippen LogP contribution in [0, 0.1) is 0 Å². The molecular formula is C31H21NO. The topological polar surface area (TPSA) is 26.0 Å². The normalized spacial score (nSPS) is 22.2. The van der Waals surface area contributed by atoms with Gasteiger partial charge in [0.25, 0.3) is 0 Å². The van der Waals surface area contributed by atoms with Crippen LogP contribution in [0.15, 0.2) is 107 Å². The van der Waals surface area contributed by atoms with Crippen molar-refractivity contribution < 1.29 is 4.42 Å². The molecule has 0 radical (unpaired) electrons. The van der Waals surface area contributed by atoms with Crippen molar-refractivity contribution in [2.24, 2.45) is 0 Å². The maximum absolute atomic E-state index is 6.14. The van der Waals surface area contributed by atoms with Gasteiger partial charge in [-0.05, 0) is 75.9 Å². The van der Waals surface area contributed by atoms with Crippen molar-refractivity contribution in [3.05, 3.63) is 119 Å². The summed E-state index contributed by atoms with van der Waals surface area (Å²) in [5.41, 5.74) is 7.78. The average molecular weight is 424 g/mol. The summed E-state index contributed by atoms with van der Waals surface area (Å²) >= 11 is 0. The minimum absolute atomic E-state index is 0.695. The highest BCUT2D eigenvalue weighted by atomic mass is 16.3. The van der Waals surface area contributed by atoms with Crippen LogP contribution in [0.3, 0.4) is 0 Å². The second kappa shape index (κ2) is 7.18. The second-order valence-electron chi connectivity index (χ2n) is 8.76. The third-order valence-corrected chi connectivity index (χ3v) is 6.80. The molecule has 156 valence electrons. The lowest BCUT2D eigenvalue weighted by Crippen LogP contribution is -2.27. The largest absolute Gasteiger partial charge is 0.438 e. The molecule has 5 aromatic rings. The first kappa shape index (κ1) is 18.4. The first-order valence-electron chi connectivity index (χ1n) is 11.4. The van der Waals surface area contributed by atoms with Crippen LogP contribution in [0.5, 0.6) is 0 Å². The Bertz CT molecular complexity index is 1810. The van der Waals surface area contributed by atoms with Crippen molar-refractivity contribution in [3.63, 3.8) is 0 Å². The molecule has 0 unspecified atom stereocenters. The van der Waals surface area contributed by atoms with Gasteiger partial charge in [0.05, 0.1) is 5.52 Å². The van der Waals surface area contributed by atoms with E-state index >= 15 is 0 Å². The number of hydrogen-bond donors (Lipinski definition) is 0. The summed E-state index contributed by atoms with van der Waals surface area (Å²) in [5, 5.41) is 5.90. The number of nitrogens with zero attached hydrogens (tertiary/aromatic N) is 1. The summed E-state index contributed by atoms with van der Waals surface area (Å²) in [6, 6.07) is 25.7. The molecule has 2 aromatic heterocycles. The fraction of sp³-hybridized carbons (Fsp3) is 0.0645. The highest BCUT2D eigenvalue weighted by molar-refractivity contribution is 6.09. The van der Waals surface area contributed by atoms with Gasteiger partial charge in [-0.1, -0.05) is 72.8 Å². The molecule has 7 rings (SSSR count). The second-order valence-corrected chi connectivity index (χ2v) is 8.76. The van der Waals surface area contributed by atoms with Gasteiger partial charge < -0.3 is 4.42 Å². The quantitative estimate of drug-likeness (QED) is 0.310. The molecule has 2 heteroatoms. The van der Waals surface area contributed by atoms with E-state index in [2.05, 4.69) is 91.0 Å². The Morgan fingerprint density at radius 2 is 1.55 bits per heavy atom. The van der Waals surface area contributed by atoms with Crippen LogP contribution in [0.25, 0.3) is 50.2 Å². The van der Waals surface area contributed by atoms with Gasteiger partial charge in [0, 0.05) is 16.2 Å². The number of hydrogen-bond acceptors (Lipinski definition) is 2. The summed E-state index contributed by atoms with van der Waals surface area (Å²) in [6.07, 6.45) is 13.3. The molecule has 0 amide bonds. The smallest absolute Gasteiger partial charge is 0.227 e. The minimum Gasteiger partial charge on any atom is -0.438 e. The van der Waals surface area contributed by atoms with Crippen LogP contribution in [-0.2, 0) is 0 Å². The number of fused-ring (bicyclic) bond motifs is 8. The van der Waals surface area contributed by atoms with Gasteiger partial charge in [-0.15, -0.1) is 0 Å². The maximum atomic E-state index is 6.14. The third kappa shape index (κ3) is 2.99. The predicted octanol–water partition coefficient (Wildman–Crippen LogP) is 6.44. The van der Waals surface area contributed by atoms with E-state index in [0.29, 0.717) is 5.71 Å². The fourth-order valence-electron chi connectivity index (χ4n) is 5.13. The molecule has 2 aliphatic carbocycles. The Kier molecular flexibility index (Phi) is 4.00. The lowest BCUT2D eigenvalue weighted by Gasteiger charge is -2.16. The molecule has 0 atom stereocenters. The van der Waals surface area contributed by atoms with Gasteiger partial charge in [-0.3, -0.25) is 0 Å². The minimum atomic E-state index is 0.695. The standard InChI is InChI=1S/C31H21NO/c1-2-8-21-14-13-20(7-1)25-11-5-3-9-22(25)17-26(21)23-15-16-30-27(18-23)28-19-24-10-4-6-12-29(24)32-31(28)33-30/h1-12,15-19H,13-14H2/b2-1?,7-1-,8-2+,20-7?,21-8?,22-17-,25-20-,26-17?,26-21+. The monoisotopic (exact) mass is 423 g/mol. The van der Waals surface area contributed by atoms with Crippen LogP contribution in [-0.4, -0.2) is 4.98 Å². The molecule has 0 saturated carbocycles. The van der Waals surface area contributed by atoms with Crippen LogP contribution in [0.2, 0.25) is 0 Å². The van der Waals surface area contributed by atoms with E-state index in [4.69, 9.17) is 9.40 Å². The van der Waals surface area contributed by atoms with E-state index < -0.39 is 0 Å². The van der Waals surface area contributed by atoms with Gasteiger partial charge in [-0.2, -0.15) is 0 Å². The van der Waals surface area contributed by atoms with Crippen molar-refractivity contribution in [1.29, 1.82) is 0 Å². The van der Waals surface area contributed by atoms with E-state index in [1.165, 1.54) is 32.7 Å². The number of rotatable bonds is 1. The van der Waals surface area contributed by atoms with Gasteiger partial charge in [0.15, 0.2) is 0 Å². The van der Waals surface area contributed by atoms with Crippen molar-refractivity contribution in [2.75, 3.05) is 0 Å². The third-order valence-electron chi connectivity index (χ3n) is 6.80. The zero-order valence-electron chi connectivity index (χ0n) is 18.1. The number of allylic oxidation sites excluding steroid dienone is 6. The van der Waals surface area contributed by atoms with Gasteiger partial charge >= 0.3 is 0 Å². The Morgan fingerprint density at radius 1 is 0.727 bits per heavy atom. The van der Waals surface area contributed by atoms with Crippen LogP contribution >= 0.6 is 0 Å². The molecule has 3 aromatic carbocycles. The molecular weight excluding hydrogens is 402 g/mol. The lowest BCUT2D eigenvalue weighted by atomic mass is 9.89. The molecule has 2 bridgehead atoms. The lowest BCUT2D eigenvalue weighted by molar-refractivity contribution is 0.656. The van der Waals surface area contributed by atoms with Crippen LogP contribution in [0.1, 0.15) is 18.4 Å². The number of benzene rings is 3. The molecule has 0 N–H and O–H groups in total. The van der Waals surface area contributed by atoms with E-state index in [1.807, 2.05) is 12.1 Å². The molecule has 33 heavy (non-hydrogen) atoms. The zero-order valence-corrected chi connectivity index (χ0v) is 18.1. The molecule has 2 nitrogen and oxygen atoms in total. The first-order valence-corrected chi connectivity index (χ1v) is 11.4. The average Bonchev–Trinajstić information content (AvgIpc) is 3.18. The summed E-state index contributed by atoms with van der Waals surface area (Å²) < 4.78 is 6.14. The van der Waals surface area contributed by atoms with Crippen molar-refractivity contribution in [2.45, 2.75) is 12.8 Å². The van der Waals surface area contributed by atoms with E-state index in [9.17, 15) is 0 Å². The highest BCUT2D eigenvalue weighted by Crippen LogP contribution is 2.34. The molecule has 0 aliphatic heterocycles. The number of pyridine rings is 1. The van der Waals surface area contributed by atoms with E-state index in [1.54, 1.807) is 0 Å². The van der Waals surface area contributed by atoms with Crippen molar-refractivity contribution in [3.8, 4) is 0 Å². The van der Waals surface area contributed by atoms with Gasteiger partial charge in [-0.25, -0.2) is 4.98 Å². The van der Waals surface area contributed by atoms with Crippen LogP contribution < -0.4 is 10.4 Å². The van der Waals surface area contributed by atoms with E-state index in [0.717, 1.165) is 40.1 Å². The SMILES string of the molecule is C1=C\C2=c3/cccc/c3=C/C(c3ccc4oc5nc6ccccc6cc5c4c3)=C(/C=C/1)CC2. The summed E-state index contributed by atoms with van der Waals surface area (Å²) in [7, 11) is 0. The van der Waals surface area contributed by atoms with Gasteiger partial charge in [0.2, 0.25) is 5.71 Å². The molecule has 0 fully saturated rings. The molecule has 2 heterocycles. The Balaban J connectivity index is 1.52. The Morgan fingerprint density at radius 3 is 2.52 bits per heavy atom. The highest BCUT2D eigenvalue weighted by Gasteiger charge is 2.15. The van der Waals surface area contributed by atoms with Crippen molar-refractivity contribution >= 4 is 50.2 Å². The predicted molar refractivity (Wildman–Crippen MR) is 137 cm³/mol. The molecule has 0 saturated heterocycles.